The molecular formula is C13H20N2O. The molecule has 0 spiro atoms. The maximum absolute atomic E-state index is 12.0. The van der Waals surface area contributed by atoms with Crippen LogP contribution in [0.1, 0.15) is 30.3 Å². The van der Waals surface area contributed by atoms with Gasteiger partial charge in [-0.1, -0.05) is 6.92 Å². The van der Waals surface area contributed by atoms with E-state index in [1.165, 1.54) is 12.8 Å². The van der Waals surface area contributed by atoms with Crippen molar-refractivity contribution < 1.29 is 4.79 Å². The van der Waals surface area contributed by atoms with Gasteiger partial charge in [0.15, 0.2) is 5.78 Å². The van der Waals surface area contributed by atoms with Gasteiger partial charge in [-0.15, -0.1) is 0 Å². The first-order valence-corrected chi connectivity index (χ1v) is 6.03. The molecule has 0 aliphatic carbocycles. The Hall–Kier alpha value is -1.09. The number of Topliss-reactive ketones (excluding diaryl/α,β-unsaturated/α-hetero) is 1. The average molecular weight is 220 g/mol. The summed E-state index contributed by atoms with van der Waals surface area (Å²) in [5.41, 5.74) is 0.818. The summed E-state index contributed by atoms with van der Waals surface area (Å²) in [5.74, 6) is 1.06. The molecule has 0 saturated carbocycles. The van der Waals surface area contributed by atoms with Crippen LogP contribution in [0.4, 0.5) is 0 Å². The minimum absolute atomic E-state index is 0.238. The smallest absolute Gasteiger partial charge is 0.193 e. The predicted molar refractivity (Wildman–Crippen MR) is 64.6 cm³/mol. The quantitative estimate of drug-likeness (QED) is 0.727. The Kier molecular flexibility index (Phi) is 3.44. The number of aryl methyl sites for hydroxylation is 1. The molecule has 1 fully saturated rings. The molecule has 0 N–H and O–H groups in total. The standard InChI is InChI=1S/C13H20N2O/c1-11-5-8-15(9-6-11)10-13(16)12-4-3-7-14(12)2/h3-4,7,11H,5-6,8-10H2,1-2H3. The van der Waals surface area contributed by atoms with Gasteiger partial charge in [0, 0.05) is 13.2 Å². The molecule has 1 aromatic rings. The number of piperidine rings is 1. The molecule has 0 atom stereocenters. The number of aromatic nitrogens is 1. The minimum Gasteiger partial charge on any atom is -0.348 e. The summed E-state index contributed by atoms with van der Waals surface area (Å²) in [4.78, 5) is 14.3. The number of hydrogen-bond acceptors (Lipinski definition) is 2. The lowest BCUT2D eigenvalue weighted by Gasteiger charge is -2.29. The summed E-state index contributed by atoms with van der Waals surface area (Å²) in [6, 6.07) is 3.82. The van der Waals surface area contributed by atoms with Gasteiger partial charge in [-0.2, -0.15) is 0 Å². The molecule has 2 heterocycles. The molecule has 0 aromatic carbocycles. The third-order valence-corrected chi connectivity index (χ3v) is 3.47. The number of nitrogens with zero attached hydrogens (tertiary/aromatic N) is 2. The second-order valence-electron chi connectivity index (χ2n) is 4.89. The van der Waals surface area contributed by atoms with Crippen LogP contribution in [0.5, 0.6) is 0 Å². The Bertz CT molecular complexity index is 362. The average Bonchev–Trinajstić information content (AvgIpc) is 2.68. The van der Waals surface area contributed by atoms with Crippen LogP contribution in [0.25, 0.3) is 0 Å². The highest BCUT2D eigenvalue weighted by Crippen LogP contribution is 2.16. The van der Waals surface area contributed by atoms with Crippen molar-refractivity contribution in [3.05, 3.63) is 24.0 Å². The first-order chi connectivity index (χ1) is 7.66. The van der Waals surface area contributed by atoms with Gasteiger partial charge in [-0.05, 0) is 44.0 Å². The summed E-state index contributed by atoms with van der Waals surface area (Å²) in [7, 11) is 1.92. The van der Waals surface area contributed by atoms with Crippen molar-refractivity contribution in [2.45, 2.75) is 19.8 Å². The Morgan fingerprint density at radius 2 is 2.12 bits per heavy atom. The van der Waals surface area contributed by atoms with Crippen LogP contribution in [0, 0.1) is 5.92 Å². The minimum atomic E-state index is 0.238. The van der Waals surface area contributed by atoms with Crippen molar-refractivity contribution in [2.24, 2.45) is 13.0 Å². The zero-order valence-electron chi connectivity index (χ0n) is 10.1. The zero-order valence-corrected chi connectivity index (χ0v) is 10.1. The lowest BCUT2D eigenvalue weighted by Crippen LogP contribution is -2.37. The SMILES string of the molecule is CC1CCN(CC(=O)c2cccn2C)CC1. The van der Waals surface area contributed by atoms with Crippen molar-refractivity contribution in [1.82, 2.24) is 9.47 Å². The molecule has 0 amide bonds. The number of likely N-dealkylation sites (tertiary alicyclic amines) is 1. The number of carbonyl (C=O) groups is 1. The summed E-state index contributed by atoms with van der Waals surface area (Å²) < 4.78 is 1.90. The second-order valence-corrected chi connectivity index (χ2v) is 4.89. The van der Waals surface area contributed by atoms with Crippen LogP contribution in [0.2, 0.25) is 0 Å². The van der Waals surface area contributed by atoms with Gasteiger partial charge in [-0.25, -0.2) is 0 Å². The highest BCUT2D eigenvalue weighted by molar-refractivity contribution is 5.96. The van der Waals surface area contributed by atoms with Gasteiger partial charge >= 0.3 is 0 Å². The van der Waals surface area contributed by atoms with Gasteiger partial charge in [-0.3, -0.25) is 9.69 Å². The van der Waals surface area contributed by atoms with Gasteiger partial charge in [0.05, 0.1) is 12.2 Å². The molecule has 0 unspecified atom stereocenters. The highest BCUT2D eigenvalue weighted by Gasteiger charge is 2.19. The van der Waals surface area contributed by atoms with Gasteiger partial charge < -0.3 is 4.57 Å². The molecule has 1 saturated heterocycles. The number of carbonyl (C=O) groups excluding carboxylic acids is 1. The molecule has 3 nitrogen and oxygen atoms in total. The van der Waals surface area contributed by atoms with Gasteiger partial charge in [0.25, 0.3) is 0 Å². The fourth-order valence-corrected chi connectivity index (χ4v) is 2.26. The molecule has 16 heavy (non-hydrogen) atoms. The molecule has 88 valence electrons. The topological polar surface area (TPSA) is 25.2 Å². The van der Waals surface area contributed by atoms with Gasteiger partial charge in [0.2, 0.25) is 0 Å². The monoisotopic (exact) mass is 220 g/mol. The summed E-state index contributed by atoms with van der Waals surface area (Å²) in [5, 5.41) is 0. The van der Waals surface area contributed by atoms with Crippen molar-refractivity contribution in [1.29, 1.82) is 0 Å². The lowest BCUT2D eigenvalue weighted by molar-refractivity contribution is 0.0892. The van der Waals surface area contributed by atoms with Crippen LogP contribution >= 0.6 is 0 Å². The molecule has 2 rings (SSSR count). The molecule has 1 aliphatic heterocycles. The number of rotatable bonds is 3. The van der Waals surface area contributed by atoms with Gasteiger partial charge in [0.1, 0.15) is 0 Å². The normalized spacial score (nSPS) is 18.9. The lowest BCUT2D eigenvalue weighted by atomic mass is 9.99. The number of hydrogen-bond donors (Lipinski definition) is 0. The number of ketones is 1. The first-order valence-electron chi connectivity index (χ1n) is 6.03. The van der Waals surface area contributed by atoms with Crippen LogP contribution in [-0.4, -0.2) is 34.9 Å². The van der Waals surface area contributed by atoms with E-state index in [1.807, 2.05) is 29.9 Å². The molecule has 0 bridgehead atoms. The highest BCUT2D eigenvalue weighted by atomic mass is 16.1. The summed E-state index contributed by atoms with van der Waals surface area (Å²) >= 11 is 0. The maximum Gasteiger partial charge on any atom is 0.193 e. The van der Waals surface area contributed by atoms with Crippen molar-refractivity contribution in [3.8, 4) is 0 Å². The molecule has 3 heteroatoms. The fraction of sp³-hybridized carbons (Fsp3) is 0.615. The van der Waals surface area contributed by atoms with E-state index in [4.69, 9.17) is 0 Å². The van der Waals surface area contributed by atoms with E-state index < -0.39 is 0 Å². The summed E-state index contributed by atoms with van der Waals surface area (Å²) in [6.45, 7) is 5.00. The molecular weight excluding hydrogens is 200 g/mol. The molecule has 1 aromatic heterocycles. The van der Waals surface area contributed by atoms with Crippen LogP contribution in [-0.2, 0) is 7.05 Å². The largest absolute Gasteiger partial charge is 0.348 e. The van der Waals surface area contributed by atoms with E-state index in [0.717, 1.165) is 24.7 Å². The predicted octanol–water partition coefficient (Wildman–Crippen LogP) is 1.94. The Morgan fingerprint density at radius 3 is 2.69 bits per heavy atom. The third-order valence-electron chi connectivity index (χ3n) is 3.47. The van der Waals surface area contributed by atoms with Crippen LogP contribution in [0.3, 0.4) is 0 Å². The van der Waals surface area contributed by atoms with E-state index in [-0.39, 0.29) is 5.78 Å². The Balaban J connectivity index is 1.91. The maximum atomic E-state index is 12.0. The van der Waals surface area contributed by atoms with Crippen molar-refractivity contribution in [3.63, 3.8) is 0 Å². The third kappa shape index (κ3) is 2.53. The molecule has 1 aliphatic rings. The summed E-state index contributed by atoms with van der Waals surface area (Å²) in [6.07, 6.45) is 4.37. The first kappa shape index (κ1) is 11.4. The van der Waals surface area contributed by atoms with E-state index in [9.17, 15) is 4.79 Å². The molecule has 0 radical (unpaired) electrons. The van der Waals surface area contributed by atoms with E-state index in [0.29, 0.717) is 6.54 Å². The van der Waals surface area contributed by atoms with E-state index >= 15 is 0 Å². The van der Waals surface area contributed by atoms with E-state index in [2.05, 4.69) is 11.8 Å². The van der Waals surface area contributed by atoms with E-state index in [1.54, 1.807) is 0 Å². The van der Waals surface area contributed by atoms with Crippen molar-refractivity contribution >= 4 is 5.78 Å². The van der Waals surface area contributed by atoms with Crippen LogP contribution in [0.15, 0.2) is 18.3 Å². The Labute approximate surface area is 97.1 Å². The second kappa shape index (κ2) is 4.83. The Morgan fingerprint density at radius 1 is 1.44 bits per heavy atom. The van der Waals surface area contributed by atoms with Crippen molar-refractivity contribution in [2.75, 3.05) is 19.6 Å². The van der Waals surface area contributed by atoms with Crippen LogP contribution < -0.4 is 0 Å². The zero-order chi connectivity index (χ0) is 11.5. The fourth-order valence-electron chi connectivity index (χ4n) is 2.26.